The average Bonchev–Trinajstić information content (AvgIpc) is 3.35. The van der Waals surface area contributed by atoms with Gasteiger partial charge in [0, 0.05) is 40.5 Å². The molecule has 1 saturated carbocycles. The number of carbonyl (C=O) groups is 2. The van der Waals surface area contributed by atoms with Gasteiger partial charge < -0.3 is 15.2 Å². The van der Waals surface area contributed by atoms with Crippen molar-refractivity contribution < 1.29 is 18.0 Å². The highest BCUT2D eigenvalue weighted by atomic mass is 32.2. The average molecular weight is 450 g/mol. The van der Waals surface area contributed by atoms with E-state index < -0.39 is 15.6 Å². The van der Waals surface area contributed by atoms with Crippen molar-refractivity contribution in [2.24, 2.45) is 0 Å². The van der Waals surface area contributed by atoms with Crippen LogP contribution in [0, 0.1) is 0 Å². The van der Waals surface area contributed by atoms with E-state index in [0.29, 0.717) is 37.1 Å². The van der Waals surface area contributed by atoms with Crippen molar-refractivity contribution in [3.05, 3.63) is 24.0 Å². The second kappa shape index (κ2) is 8.96. The van der Waals surface area contributed by atoms with Crippen LogP contribution in [-0.4, -0.2) is 60.8 Å². The summed E-state index contributed by atoms with van der Waals surface area (Å²) in [6, 6.07) is 4.90. The summed E-state index contributed by atoms with van der Waals surface area (Å²) in [5, 5.41) is 5.62. The van der Waals surface area contributed by atoms with Gasteiger partial charge >= 0.3 is 0 Å². The molecule has 2 N–H and O–H groups in total. The highest BCUT2D eigenvalue weighted by Crippen LogP contribution is 2.30. The fraction of sp³-hybridized carbons (Fsp3) is 0.571. The van der Waals surface area contributed by atoms with E-state index in [-0.39, 0.29) is 23.1 Å². The summed E-state index contributed by atoms with van der Waals surface area (Å²) in [4.78, 5) is 29.8. The zero-order chi connectivity index (χ0) is 22.8. The second-order valence-corrected chi connectivity index (χ2v) is 10.3. The number of amides is 2. The third-order valence-corrected chi connectivity index (χ3v) is 7.78. The van der Waals surface area contributed by atoms with Crippen LogP contribution in [0.1, 0.15) is 44.9 Å². The number of fused-ring (bicyclic) bond motifs is 1. The van der Waals surface area contributed by atoms with E-state index in [0.717, 1.165) is 18.4 Å². The maximum atomic E-state index is 12.7. The van der Waals surface area contributed by atoms with E-state index in [9.17, 15) is 18.0 Å². The number of benzene rings is 1. The lowest BCUT2D eigenvalue weighted by molar-refractivity contribution is -0.133. The molecule has 0 aliphatic heterocycles. The summed E-state index contributed by atoms with van der Waals surface area (Å²) in [7, 11) is 1.01. The molecule has 0 bridgehead atoms. The molecule has 10 heteroatoms. The smallest absolute Gasteiger partial charge is 0.245 e. The van der Waals surface area contributed by atoms with Gasteiger partial charge in [-0.1, -0.05) is 12.8 Å². The van der Waals surface area contributed by atoms with Gasteiger partial charge in [0.15, 0.2) is 0 Å². The quantitative estimate of drug-likeness (QED) is 0.633. The number of aromatic nitrogens is 2. The Hall–Kier alpha value is -2.46. The summed E-state index contributed by atoms with van der Waals surface area (Å²) in [6.45, 7) is 2.63. The van der Waals surface area contributed by atoms with Crippen LogP contribution in [0.2, 0.25) is 0 Å². The van der Waals surface area contributed by atoms with E-state index in [4.69, 9.17) is 0 Å². The number of hydrogen-bond donors (Lipinski definition) is 2. The van der Waals surface area contributed by atoms with Gasteiger partial charge in [-0.15, -0.1) is 0 Å². The summed E-state index contributed by atoms with van der Waals surface area (Å²) < 4.78 is 28.0. The molecule has 9 nitrogen and oxygen atoms in total. The lowest BCUT2D eigenvalue weighted by Gasteiger charge is -2.28. The number of likely N-dealkylation sites (N-methyl/N-ethyl adjacent to an activating group) is 1. The Balaban J connectivity index is 1.79. The van der Waals surface area contributed by atoms with Crippen LogP contribution in [0.5, 0.6) is 0 Å². The van der Waals surface area contributed by atoms with Crippen molar-refractivity contribution in [1.82, 2.24) is 24.5 Å². The summed E-state index contributed by atoms with van der Waals surface area (Å²) >= 11 is 0. The molecule has 0 atom stereocenters. The molecule has 0 unspecified atom stereocenters. The largest absolute Gasteiger partial charge is 0.357 e. The predicted molar refractivity (Wildman–Crippen MR) is 118 cm³/mol. The number of aryl methyl sites for hydroxylation is 2. The molecule has 1 heterocycles. The maximum Gasteiger partial charge on any atom is 0.245 e. The zero-order valence-electron chi connectivity index (χ0n) is 18.6. The standard InChI is InChI=1S/C21H31N5O4S/c1-5-26-17-9-8-15(31(29,30)25(3)4)14-16(17)23-18(26)10-11-19(27)24-21(20(28)22-2)12-6-7-13-21/h8-9,14H,5-7,10-13H2,1-4H3,(H,22,28)(H,24,27). The van der Waals surface area contributed by atoms with Crippen molar-refractivity contribution in [2.45, 2.75) is 62.4 Å². The minimum atomic E-state index is -3.55. The molecule has 1 aromatic heterocycles. The van der Waals surface area contributed by atoms with Crippen LogP contribution in [0.4, 0.5) is 0 Å². The normalized spacial score (nSPS) is 16.0. The summed E-state index contributed by atoms with van der Waals surface area (Å²) in [6.07, 6.45) is 3.72. The Bertz CT molecular complexity index is 1080. The number of sulfonamides is 1. The first-order chi connectivity index (χ1) is 14.6. The molecular formula is C21H31N5O4S. The first-order valence-corrected chi connectivity index (χ1v) is 12.0. The Morgan fingerprint density at radius 3 is 2.48 bits per heavy atom. The van der Waals surface area contributed by atoms with Crippen LogP contribution in [0.25, 0.3) is 11.0 Å². The molecule has 1 aliphatic rings. The van der Waals surface area contributed by atoms with E-state index in [1.807, 2.05) is 11.5 Å². The van der Waals surface area contributed by atoms with Gasteiger partial charge in [-0.25, -0.2) is 17.7 Å². The van der Waals surface area contributed by atoms with Crippen LogP contribution in [0.3, 0.4) is 0 Å². The molecule has 1 aromatic carbocycles. The summed E-state index contributed by atoms with van der Waals surface area (Å²) in [5.74, 6) is 0.386. The molecule has 170 valence electrons. The molecule has 1 fully saturated rings. The number of nitrogens with zero attached hydrogens (tertiary/aromatic N) is 3. The molecule has 1 aliphatic carbocycles. The molecular weight excluding hydrogens is 418 g/mol. The Morgan fingerprint density at radius 1 is 1.23 bits per heavy atom. The van der Waals surface area contributed by atoms with Crippen LogP contribution in [0.15, 0.2) is 23.1 Å². The van der Waals surface area contributed by atoms with Crippen LogP contribution in [-0.2, 0) is 32.6 Å². The van der Waals surface area contributed by atoms with Crippen LogP contribution < -0.4 is 10.6 Å². The van der Waals surface area contributed by atoms with Crippen molar-refractivity contribution in [1.29, 1.82) is 0 Å². The van der Waals surface area contributed by atoms with E-state index in [2.05, 4.69) is 15.6 Å². The first-order valence-electron chi connectivity index (χ1n) is 10.6. The van der Waals surface area contributed by atoms with Gasteiger partial charge in [-0.05, 0) is 38.0 Å². The molecule has 2 aromatic rings. The monoisotopic (exact) mass is 449 g/mol. The number of carbonyl (C=O) groups excluding carboxylic acids is 2. The molecule has 31 heavy (non-hydrogen) atoms. The second-order valence-electron chi connectivity index (χ2n) is 8.13. The van der Waals surface area contributed by atoms with Gasteiger partial charge in [0.05, 0.1) is 15.9 Å². The maximum absolute atomic E-state index is 12.7. The van der Waals surface area contributed by atoms with Gasteiger partial charge in [-0.2, -0.15) is 0 Å². The van der Waals surface area contributed by atoms with Gasteiger partial charge in [-0.3, -0.25) is 9.59 Å². The van der Waals surface area contributed by atoms with Gasteiger partial charge in [0.2, 0.25) is 21.8 Å². The zero-order valence-corrected chi connectivity index (χ0v) is 19.4. The highest BCUT2D eigenvalue weighted by Gasteiger charge is 2.41. The number of nitrogens with one attached hydrogen (secondary N) is 2. The Kier molecular flexibility index (Phi) is 6.70. The van der Waals surface area contributed by atoms with Gasteiger partial charge in [0.1, 0.15) is 11.4 Å². The van der Waals surface area contributed by atoms with Crippen molar-refractivity contribution in [3.8, 4) is 0 Å². The number of hydrogen-bond acceptors (Lipinski definition) is 5. The number of imidazole rings is 1. The Morgan fingerprint density at radius 2 is 1.90 bits per heavy atom. The lowest BCUT2D eigenvalue weighted by Crippen LogP contribution is -2.56. The van der Waals surface area contributed by atoms with E-state index in [1.165, 1.54) is 18.4 Å². The highest BCUT2D eigenvalue weighted by molar-refractivity contribution is 7.89. The third-order valence-electron chi connectivity index (χ3n) is 5.97. The fourth-order valence-corrected chi connectivity index (χ4v) is 5.18. The molecule has 0 radical (unpaired) electrons. The first kappa shape index (κ1) is 23.2. The van der Waals surface area contributed by atoms with Crippen molar-refractivity contribution in [3.63, 3.8) is 0 Å². The minimum absolute atomic E-state index is 0.145. The SMILES string of the molecule is CCn1c(CCC(=O)NC2(C(=O)NC)CCCC2)nc2cc(S(=O)(=O)N(C)C)ccc21. The van der Waals surface area contributed by atoms with Gasteiger partial charge in [0.25, 0.3) is 0 Å². The fourth-order valence-electron chi connectivity index (χ4n) is 4.26. The lowest BCUT2D eigenvalue weighted by atomic mass is 9.96. The molecule has 0 saturated heterocycles. The van der Waals surface area contributed by atoms with Crippen molar-refractivity contribution in [2.75, 3.05) is 21.1 Å². The van der Waals surface area contributed by atoms with Crippen molar-refractivity contribution >= 4 is 32.9 Å². The van der Waals surface area contributed by atoms with E-state index >= 15 is 0 Å². The number of rotatable bonds is 8. The minimum Gasteiger partial charge on any atom is -0.357 e. The van der Waals surface area contributed by atoms with Crippen LogP contribution >= 0.6 is 0 Å². The third kappa shape index (κ3) is 4.45. The molecule has 2 amide bonds. The summed E-state index contributed by atoms with van der Waals surface area (Å²) in [5.41, 5.74) is 0.595. The van der Waals surface area contributed by atoms with E-state index in [1.54, 1.807) is 25.2 Å². The topological polar surface area (TPSA) is 113 Å². The predicted octanol–water partition coefficient (Wildman–Crippen LogP) is 1.41. The Labute approximate surface area is 183 Å². The molecule has 3 rings (SSSR count). The molecule has 0 spiro atoms.